The van der Waals surface area contributed by atoms with Gasteiger partial charge in [-0.05, 0) is 38.4 Å². The molecule has 1 rings (SSSR count). The van der Waals surface area contributed by atoms with Crippen LogP contribution in [-0.2, 0) is 4.79 Å². The zero-order valence-electron chi connectivity index (χ0n) is 8.91. The third-order valence-electron chi connectivity index (χ3n) is 3.06. The number of nitrogens with two attached hydrogens (primary N) is 2. The van der Waals surface area contributed by atoms with Crippen molar-refractivity contribution in [2.24, 2.45) is 23.3 Å². The molecule has 1 saturated heterocycles. The smallest absolute Gasteiger partial charge is 0.221 e. The Morgan fingerprint density at radius 3 is 2.50 bits per heavy atom. The maximum atomic E-state index is 10.9. The quantitative estimate of drug-likeness (QED) is 0.657. The van der Waals surface area contributed by atoms with Crippen LogP contribution in [-0.4, -0.2) is 37.0 Å². The van der Waals surface area contributed by atoms with Crippen LogP contribution in [0.2, 0.25) is 0 Å². The second-order valence-corrected chi connectivity index (χ2v) is 4.28. The molecule has 4 heteroatoms. The van der Waals surface area contributed by atoms with Gasteiger partial charge in [-0.3, -0.25) is 4.79 Å². The van der Waals surface area contributed by atoms with Crippen LogP contribution in [0.4, 0.5) is 0 Å². The minimum Gasteiger partial charge on any atom is -0.369 e. The summed E-state index contributed by atoms with van der Waals surface area (Å²) in [5, 5.41) is 0. The fraction of sp³-hybridized carbons (Fsp3) is 0.900. The Kier molecular flexibility index (Phi) is 4.35. The van der Waals surface area contributed by atoms with Crippen LogP contribution in [0.5, 0.6) is 0 Å². The number of likely N-dealkylation sites (tertiary alicyclic amines) is 1. The molecule has 14 heavy (non-hydrogen) atoms. The summed E-state index contributed by atoms with van der Waals surface area (Å²) >= 11 is 0. The first kappa shape index (κ1) is 11.5. The lowest BCUT2D eigenvalue weighted by Crippen LogP contribution is -2.41. The summed E-state index contributed by atoms with van der Waals surface area (Å²) in [4.78, 5) is 13.2. The second-order valence-electron chi connectivity index (χ2n) is 4.28. The van der Waals surface area contributed by atoms with E-state index in [2.05, 4.69) is 4.90 Å². The highest BCUT2D eigenvalue weighted by atomic mass is 16.1. The third kappa shape index (κ3) is 3.27. The highest BCUT2D eigenvalue weighted by Crippen LogP contribution is 2.16. The van der Waals surface area contributed by atoms with Gasteiger partial charge in [-0.15, -0.1) is 0 Å². The predicted octanol–water partition coefficient (Wildman–Crippen LogP) is -0.221. The molecule has 1 aliphatic rings. The number of carbonyl (C=O) groups is 1. The van der Waals surface area contributed by atoms with Crippen molar-refractivity contribution in [2.45, 2.75) is 19.8 Å². The van der Waals surface area contributed by atoms with E-state index in [1.807, 2.05) is 6.92 Å². The Morgan fingerprint density at radius 1 is 1.50 bits per heavy atom. The van der Waals surface area contributed by atoms with Gasteiger partial charge < -0.3 is 16.4 Å². The minimum absolute atomic E-state index is 0.0376. The molecule has 82 valence electrons. The van der Waals surface area contributed by atoms with Crippen molar-refractivity contribution in [1.82, 2.24) is 4.90 Å². The number of hydrogen-bond donors (Lipinski definition) is 2. The van der Waals surface area contributed by atoms with Crippen molar-refractivity contribution >= 4 is 5.91 Å². The molecular weight excluding hydrogens is 178 g/mol. The summed E-state index contributed by atoms with van der Waals surface area (Å²) in [6, 6.07) is 0. The number of amides is 1. The highest BCUT2D eigenvalue weighted by Gasteiger charge is 2.20. The first-order chi connectivity index (χ1) is 6.63. The van der Waals surface area contributed by atoms with E-state index < -0.39 is 0 Å². The molecule has 0 aromatic carbocycles. The Morgan fingerprint density at radius 2 is 2.07 bits per heavy atom. The van der Waals surface area contributed by atoms with Crippen molar-refractivity contribution in [3.05, 3.63) is 0 Å². The first-order valence-electron chi connectivity index (χ1n) is 5.35. The average molecular weight is 199 g/mol. The Labute approximate surface area is 85.6 Å². The fourth-order valence-electron chi connectivity index (χ4n) is 1.88. The summed E-state index contributed by atoms with van der Waals surface area (Å²) in [6.07, 6.45) is 2.31. The summed E-state index contributed by atoms with van der Waals surface area (Å²) in [5.74, 6) is 0.436. The number of hydrogen-bond acceptors (Lipinski definition) is 3. The molecule has 0 radical (unpaired) electrons. The van der Waals surface area contributed by atoms with Crippen LogP contribution in [0.25, 0.3) is 0 Å². The van der Waals surface area contributed by atoms with Gasteiger partial charge in [-0.1, -0.05) is 6.92 Å². The Hall–Kier alpha value is -0.610. The first-order valence-corrected chi connectivity index (χ1v) is 5.35. The topological polar surface area (TPSA) is 72.3 Å². The molecule has 1 aliphatic heterocycles. The van der Waals surface area contributed by atoms with Crippen molar-refractivity contribution < 1.29 is 4.79 Å². The van der Waals surface area contributed by atoms with E-state index in [0.29, 0.717) is 5.92 Å². The van der Waals surface area contributed by atoms with Crippen molar-refractivity contribution in [3.8, 4) is 0 Å². The minimum atomic E-state index is -0.203. The van der Waals surface area contributed by atoms with Gasteiger partial charge in [0.15, 0.2) is 0 Å². The molecule has 0 aromatic heterocycles. The molecule has 0 aromatic rings. The molecule has 0 bridgehead atoms. The van der Waals surface area contributed by atoms with E-state index in [-0.39, 0.29) is 11.8 Å². The normalized spacial score (nSPS) is 22.1. The molecule has 0 saturated carbocycles. The molecule has 1 atom stereocenters. The van der Waals surface area contributed by atoms with Crippen LogP contribution in [0.15, 0.2) is 0 Å². The largest absolute Gasteiger partial charge is 0.369 e. The van der Waals surface area contributed by atoms with Crippen LogP contribution in [0.3, 0.4) is 0 Å². The average Bonchev–Trinajstić information content (AvgIpc) is 2.19. The van der Waals surface area contributed by atoms with E-state index in [0.717, 1.165) is 39.0 Å². The highest BCUT2D eigenvalue weighted by molar-refractivity contribution is 5.76. The monoisotopic (exact) mass is 199 g/mol. The Bertz CT molecular complexity index is 188. The van der Waals surface area contributed by atoms with Gasteiger partial charge in [-0.2, -0.15) is 0 Å². The van der Waals surface area contributed by atoms with Gasteiger partial charge in [0.25, 0.3) is 0 Å². The molecule has 4 nitrogen and oxygen atoms in total. The lowest BCUT2D eigenvalue weighted by Gasteiger charge is -2.32. The standard InChI is InChI=1S/C10H21N3O/c1-8(10(12)14)7-13-4-2-9(6-11)3-5-13/h8-9H,2-7,11H2,1H3,(H2,12,14). The predicted molar refractivity (Wildman–Crippen MR) is 56.6 cm³/mol. The third-order valence-corrected chi connectivity index (χ3v) is 3.06. The van der Waals surface area contributed by atoms with Gasteiger partial charge >= 0.3 is 0 Å². The van der Waals surface area contributed by atoms with Crippen molar-refractivity contribution in [1.29, 1.82) is 0 Å². The lowest BCUT2D eigenvalue weighted by atomic mass is 9.96. The SMILES string of the molecule is CC(CN1CCC(CN)CC1)C(N)=O. The van der Waals surface area contributed by atoms with Gasteiger partial charge in [0.2, 0.25) is 5.91 Å². The van der Waals surface area contributed by atoms with Gasteiger partial charge in [-0.25, -0.2) is 0 Å². The maximum absolute atomic E-state index is 10.9. The van der Waals surface area contributed by atoms with Gasteiger partial charge in [0, 0.05) is 12.5 Å². The van der Waals surface area contributed by atoms with E-state index >= 15 is 0 Å². The summed E-state index contributed by atoms with van der Waals surface area (Å²) in [5.41, 5.74) is 10.8. The molecule has 4 N–H and O–H groups in total. The maximum Gasteiger partial charge on any atom is 0.221 e. The Balaban J connectivity index is 2.25. The second kappa shape index (κ2) is 5.32. The van der Waals surface area contributed by atoms with E-state index in [1.54, 1.807) is 0 Å². The molecule has 0 spiro atoms. The fourth-order valence-corrected chi connectivity index (χ4v) is 1.88. The van der Waals surface area contributed by atoms with Crippen LogP contribution < -0.4 is 11.5 Å². The number of nitrogens with zero attached hydrogens (tertiary/aromatic N) is 1. The van der Waals surface area contributed by atoms with Crippen LogP contribution in [0.1, 0.15) is 19.8 Å². The van der Waals surface area contributed by atoms with Crippen LogP contribution in [0, 0.1) is 11.8 Å². The molecule has 1 fully saturated rings. The van der Waals surface area contributed by atoms with Crippen LogP contribution >= 0.6 is 0 Å². The zero-order chi connectivity index (χ0) is 10.6. The number of primary amides is 1. The zero-order valence-corrected chi connectivity index (χ0v) is 8.91. The van der Waals surface area contributed by atoms with Crippen molar-refractivity contribution in [3.63, 3.8) is 0 Å². The number of piperidine rings is 1. The molecule has 1 amide bonds. The summed E-state index contributed by atoms with van der Waals surface area (Å²) < 4.78 is 0. The summed E-state index contributed by atoms with van der Waals surface area (Å²) in [7, 11) is 0. The molecule has 1 unspecified atom stereocenters. The van der Waals surface area contributed by atoms with Crippen molar-refractivity contribution in [2.75, 3.05) is 26.2 Å². The number of carbonyl (C=O) groups excluding carboxylic acids is 1. The number of rotatable bonds is 4. The van der Waals surface area contributed by atoms with E-state index in [4.69, 9.17) is 11.5 Å². The summed E-state index contributed by atoms with van der Waals surface area (Å²) in [6.45, 7) is 5.59. The van der Waals surface area contributed by atoms with E-state index in [1.165, 1.54) is 0 Å². The molecule has 1 heterocycles. The van der Waals surface area contributed by atoms with Gasteiger partial charge in [0.05, 0.1) is 0 Å². The lowest BCUT2D eigenvalue weighted by molar-refractivity contribution is -0.121. The molecular formula is C10H21N3O. The van der Waals surface area contributed by atoms with Gasteiger partial charge in [0.1, 0.15) is 0 Å². The molecule has 0 aliphatic carbocycles. The van der Waals surface area contributed by atoms with E-state index in [9.17, 15) is 4.79 Å².